The Morgan fingerprint density at radius 2 is 0.740 bits per heavy atom. The van der Waals surface area contributed by atoms with Crippen LogP contribution in [0.4, 0.5) is 17.1 Å². The van der Waals surface area contributed by atoms with Crippen LogP contribution in [0.1, 0.15) is 79.0 Å². The zero-order chi connectivity index (χ0) is 35.4. The molecule has 0 unspecified atom stereocenters. The van der Waals surface area contributed by atoms with E-state index < -0.39 is 0 Å². The van der Waals surface area contributed by atoms with Crippen molar-refractivity contribution in [2.45, 2.75) is 78.6 Å². The van der Waals surface area contributed by atoms with Gasteiger partial charge in [-0.3, -0.25) is 0 Å². The van der Waals surface area contributed by atoms with E-state index in [9.17, 15) is 0 Å². The van der Waals surface area contributed by atoms with Crippen LogP contribution in [0.2, 0.25) is 0 Å². The summed E-state index contributed by atoms with van der Waals surface area (Å²) in [7, 11) is 0. The molecule has 252 valence electrons. The zero-order valence-corrected chi connectivity index (χ0v) is 31.1. The maximum Gasteiger partial charge on any atom is 0.151 e. The minimum Gasteiger partial charge on any atom is -0.453 e. The van der Waals surface area contributed by atoms with Crippen molar-refractivity contribution in [1.29, 1.82) is 0 Å². The van der Waals surface area contributed by atoms with E-state index in [1.807, 2.05) is 12.1 Å². The molecule has 0 saturated carbocycles. The fourth-order valence-corrected chi connectivity index (χ4v) is 6.94. The van der Waals surface area contributed by atoms with E-state index in [-0.39, 0.29) is 16.2 Å². The Hall–Kier alpha value is -5.08. The van der Waals surface area contributed by atoms with Crippen molar-refractivity contribution in [3.8, 4) is 44.9 Å². The lowest BCUT2D eigenvalue weighted by Crippen LogP contribution is -2.16. The first-order chi connectivity index (χ1) is 23.7. The quantitative estimate of drug-likeness (QED) is 0.187. The van der Waals surface area contributed by atoms with Gasteiger partial charge in [0.2, 0.25) is 0 Å². The van der Waals surface area contributed by atoms with Crippen LogP contribution < -0.4 is 9.64 Å². The largest absolute Gasteiger partial charge is 0.453 e. The summed E-state index contributed by atoms with van der Waals surface area (Å²) in [5, 5.41) is 0. The van der Waals surface area contributed by atoms with Crippen LogP contribution in [-0.4, -0.2) is 0 Å². The van der Waals surface area contributed by atoms with Crippen LogP contribution in [-0.2, 0) is 16.2 Å². The molecule has 0 saturated heterocycles. The highest BCUT2D eigenvalue weighted by atomic mass is 16.5. The van der Waals surface area contributed by atoms with Crippen LogP contribution in [0.5, 0.6) is 11.5 Å². The van der Waals surface area contributed by atoms with E-state index in [0.717, 1.165) is 28.6 Å². The Balaban J connectivity index is 1.55. The standard InChI is InChI=1S/C48H49NO/c1-46(2,3)35-24-18-32(19-25-35)39-30-38(49-41-14-10-12-16-43(41)50-44-17-13-11-15-42(44)49)31-40(33-20-26-36(27-21-33)47(4,5)6)45(39)34-22-28-37(29-23-34)48(7,8)9/h10-31H,1-9H3. The van der Waals surface area contributed by atoms with Crippen LogP contribution in [0.15, 0.2) is 133 Å². The summed E-state index contributed by atoms with van der Waals surface area (Å²) in [4.78, 5) is 2.36. The number of para-hydroxylation sites is 4. The second-order valence-electron chi connectivity index (χ2n) is 16.8. The van der Waals surface area contributed by atoms with Gasteiger partial charge in [-0.15, -0.1) is 0 Å². The van der Waals surface area contributed by atoms with E-state index in [1.165, 1.54) is 50.1 Å². The second kappa shape index (κ2) is 12.4. The van der Waals surface area contributed by atoms with Gasteiger partial charge in [0.1, 0.15) is 0 Å². The lowest BCUT2D eigenvalue weighted by Gasteiger charge is -2.34. The molecule has 0 aliphatic carbocycles. The molecule has 0 N–H and O–H groups in total. The van der Waals surface area contributed by atoms with Crippen molar-refractivity contribution in [3.63, 3.8) is 0 Å². The van der Waals surface area contributed by atoms with Gasteiger partial charge in [0.15, 0.2) is 11.5 Å². The number of benzene rings is 6. The summed E-state index contributed by atoms with van der Waals surface area (Å²) in [6.45, 7) is 20.5. The van der Waals surface area contributed by atoms with Crippen LogP contribution in [0, 0.1) is 0 Å². The van der Waals surface area contributed by atoms with Gasteiger partial charge in [-0.2, -0.15) is 0 Å². The monoisotopic (exact) mass is 655 g/mol. The second-order valence-corrected chi connectivity index (χ2v) is 16.8. The molecule has 6 aromatic rings. The number of fused-ring (bicyclic) bond motifs is 2. The van der Waals surface area contributed by atoms with Gasteiger partial charge in [0, 0.05) is 5.69 Å². The predicted octanol–water partition coefficient (Wildman–Crippen LogP) is 14.2. The molecule has 1 aliphatic heterocycles. The number of rotatable bonds is 4. The van der Waals surface area contributed by atoms with Crippen molar-refractivity contribution >= 4 is 17.1 Å². The molecule has 0 bridgehead atoms. The minimum absolute atomic E-state index is 0.0627. The van der Waals surface area contributed by atoms with Gasteiger partial charge in [-0.25, -0.2) is 0 Å². The summed E-state index contributed by atoms with van der Waals surface area (Å²) in [5.41, 5.74) is 14.5. The lowest BCUT2D eigenvalue weighted by molar-refractivity contribution is 0.477. The molecule has 2 heteroatoms. The predicted molar refractivity (Wildman–Crippen MR) is 214 cm³/mol. The maximum absolute atomic E-state index is 6.44. The SMILES string of the molecule is CC(C)(C)c1ccc(-c2cc(N3c4ccccc4Oc4ccccc43)cc(-c3ccc(C(C)(C)C)cc3)c2-c2ccc(C(C)(C)C)cc2)cc1. The third kappa shape index (κ3) is 6.36. The highest BCUT2D eigenvalue weighted by Crippen LogP contribution is 2.53. The molecule has 0 amide bonds. The third-order valence-electron chi connectivity index (χ3n) is 9.98. The first-order valence-corrected chi connectivity index (χ1v) is 17.9. The summed E-state index contributed by atoms with van der Waals surface area (Å²) in [6, 6.07) is 49.1. The van der Waals surface area contributed by atoms with Crippen molar-refractivity contribution < 1.29 is 4.74 Å². The van der Waals surface area contributed by atoms with Gasteiger partial charge in [0.05, 0.1) is 11.4 Å². The van der Waals surface area contributed by atoms with E-state index in [2.05, 4.69) is 189 Å². The van der Waals surface area contributed by atoms with Crippen molar-refractivity contribution in [2.75, 3.05) is 4.90 Å². The van der Waals surface area contributed by atoms with Gasteiger partial charge in [-0.1, -0.05) is 159 Å². The average molecular weight is 656 g/mol. The summed E-state index contributed by atoms with van der Waals surface area (Å²) < 4.78 is 6.44. The first kappa shape index (κ1) is 33.4. The van der Waals surface area contributed by atoms with Crippen molar-refractivity contribution in [2.24, 2.45) is 0 Å². The molecule has 1 aliphatic rings. The molecule has 6 aromatic carbocycles. The fourth-order valence-electron chi connectivity index (χ4n) is 6.94. The Kier molecular flexibility index (Phi) is 8.26. The van der Waals surface area contributed by atoms with Gasteiger partial charge < -0.3 is 9.64 Å². The molecular weight excluding hydrogens is 607 g/mol. The molecule has 0 radical (unpaired) electrons. The number of anilines is 3. The molecule has 7 rings (SSSR count). The minimum atomic E-state index is 0.0627. The van der Waals surface area contributed by atoms with Gasteiger partial charge in [-0.05, 0) is 103 Å². The summed E-state index contributed by atoms with van der Waals surface area (Å²) >= 11 is 0. The van der Waals surface area contributed by atoms with Crippen LogP contribution >= 0.6 is 0 Å². The molecule has 0 aromatic heterocycles. The Morgan fingerprint density at radius 1 is 0.400 bits per heavy atom. The Morgan fingerprint density at radius 3 is 1.10 bits per heavy atom. The van der Waals surface area contributed by atoms with E-state index >= 15 is 0 Å². The highest BCUT2D eigenvalue weighted by Gasteiger charge is 2.28. The highest BCUT2D eigenvalue weighted by molar-refractivity contribution is 5.99. The third-order valence-corrected chi connectivity index (χ3v) is 9.98. The van der Waals surface area contributed by atoms with Crippen LogP contribution in [0.3, 0.4) is 0 Å². The lowest BCUT2D eigenvalue weighted by atomic mass is 9.81. The van der Waals surface area contributed by atoms with Crippen molar-refractivity contribution in [3.05, 3.63) is 150 Å². The number of nitrogens with zero attached hydrogens (tertiary/aromatic N) is 1. The Labute approximate surface area is 299 Å². The van der Waals surface area contributed by atoms with E-state index in [4.69, 9.17) is 4.74 Å². The number of hydrogen-bond donors (Lipinski definition) is 0. The first-order valence-electron chi connectivity index (χ1n) is 17.9. The number of hydrogen-bond acceptors (Lipinski definition) is 2. The van der Waals surface area contributed by atoms with Gasteiger partial charge in [0.25, 0.3) is 0 Å². The fraction of sp³-hybridized carbons (Fsp3) is 0.250. The van der Waals surface area contributed by atoms with Gasteiger partial charge >= 0.3 is 0 Å². The maximum atomic E-state index is 6.44. The molecule has 0 spiro atoms. The summed E-state index contributed by atoms with van der Waals surface area (Å²) in [6.07, 6.45) is 0. The van der Waals surface area contributed by atoms with Crippen molar-refractivity contribution in [1.82, 2.24) is 0 Å². The average Bonchev–Trinajstić information content (AvgIpc) is 3.09. The normalized spacial score (nSPS) is 13.0. The van der Waals surface area contributed by atoms with E-state index in [1.54, 1.807) is 0 Å². The molecule has 0 atom stereocenters. The topological polar surface area (TPSA) is 12.5 Å². The number of ether oxygens (including phenoxy) is 1. The van der Waals surface area contributed by atoms with Crippen LogP contribution in [0.25, 0.3) is 33.4 Å². The van der Waals surface area contributed by atoms with E-state index in [0.29, 0.717) is 0 Å². The molecule has 0 fully saturated rings. The molecule has 1 heterocycles. The zero-order valence-electron chi connectivity index (χ0n) is 31.1. The molecular formula is C48H49NO. The smallest absolute Gasteiger partial charge is 0.151 e. The molecule has 2 nitrogen and oxygen atoms in total. The molecule has 50 heavy (non-hydrogen) atoms. The summed E-state index contributed by atoms with van der Waals surface area (Å²) in [5.74, 6) is 1.69. The Bertz CT molecular complexity index is 2030.